The molecule has 1 fully saturated rings. The number of aliphatic hydroxyl groups is 1. The lowest BCUT2D eigenvalue weighted by molar-refractivity contribution is -0.138. The molecule has 1 aliphatic rings. The van der Waals surface area contributed by atoms with Gasteiger partial charge in [-0.1, -0.05) is 5.21 Å². The smallest absolute Gasteiger partial charge is 0.244 e. The van der Waals surface area contributed by atoms with Crippen LogP contribution in [0.4, 0.5) is 0 Å². The number of amides is 1. The van der Waals surface area contributed by atoms with E-state index in [2.05, 4.69) is 24.2 Å². The second kappa shape index (κ2) is 5.48. The van der Waals surface area contributed by atoms with Crippen molar-refractivity contribution >= 4 is 5.91 Å². The Kier molecular flexibility index (Phi) is 3.96. The number of likely N-dealkylation sites (tertiary alicyclic amines) is 1. The maximum absolute atomic E-state index is 12.3. The molecule has 2 unspecified atom stereocenters. The molecule has 2 heterocycles. The number of hydrogen-bond donors (Lipinski definition) is 1. The Morgan fingerprint density at radius 1 is 1.44 bits per heavy atom. The van der Waals surface area contributed by atoms with Crippen molar-refractivity contribution in [1.82, 2.24) is 19.9 Å². The summed E-state index contributed by atoms with van der Waals surface area (Å²) in [6.07, 6.45) is 4.92. The standard InChI is InChI=1S/C12H20N4O2/c1-9-4-3-5-10(2)16(9)12(18)7-15-6-11(8-17)13-14-15/h6,9-10,17H,3-5,7-8H2,1-2H3. The average molecular weight is 252 g/mol. The van der Waals surface area contributed by atoms with E-state index in [1.54, 1.807) is 6.20 Å². The van der Waals surface area contributed by atoms with E-state index in [4.69, 9.17) is 5.11 Å². The summed E-state index contributed by atoms with van der Waals surface area (Å²) >= 11 is 0. The first-order valence-electron chi connectivity index (χ1n) is 6.43. The second-order valence-corrected chi connectivity index (χ2v) is 5.00. The minimum atomic E-state index is -0.148. The number of carbonyl (C=O) groups is 1. The largest absolute Gasteiger partial charge is 0.390 e. The van der Waals surface area contributed by atoms with Crippen molar-refractivity contribution in [2.45, 2.75) is 58.3 Å². The number of rotatable bonds is 3. The maximum Gasteiger partial charge on any atom is 0.244 e. The number of aromatic nitrogens is 3. The Labute approximate surface area is 107 Å². The summed E-state index contributed by atoms with van der Waals surface area (Å²) in [7, 11) is 0. The van der Waals surface area contributed by atoms with Gasteiger partial charge in [0.05, 0.1) is 12.8 Å². The van der Waals surface area contributed by atoms with Crippen molar-refractivity contribution in [3.8, 4) is 0 Å². The molecule has 100 valence electrons. The number of aliphatic hydroxyl groups excluding tert-OH is 1. The van der Waals surface area contributed by atoms with Crippen LogP contribution in [-0.4, -0.2) is 43.0 Å². The summed E-state index contributed by atoms with van der Waals surface area (Å²) in [6.45, 7) is 4.23. The fourth-order valence-corrected chi connectivity index (χ4v) is 2.62. The molecule has 6 heteroatoms. The van der Waals surface area contributed by atoms with E-state index in [9.17, 15) is 4.79 Å². The number of nitrogens with zero attached hydrogens (tertiary/aromatic N) is 4. The highest BCUT2D eigenvalue weighted by Gasteiger charge is 2.28. The van der Waals surface area contributed by atoms with Gasteiger partial charge in [0.25, 0.3) is 0 Å². The second-order valence-electron chi connectivity index (χ2n) is 5.00. The molecule has 2 rings (SSSR count). The topological polar surface area (TPSA) is 71.2 Å². The molecule has 0 spiro atoms. The minimum Gasteiger partial charge on any atom is -0.390 e. The number of carbonyl (C=O) groups excluding carboxylic acids is 1. The van der Waals surface area contributed by atoms with E-state index >= 15 is 0 Å². The Balaban J connectivity index is 2.02. The zero-order chi connectivity index (χ0) is 13.1. The first-order valence-corrected chi connectivity index (χ1v) is 6.43. The molecule has 0 bridgehead atoms. The molecular formula is C12H20N4O2. The van der Waals surface area contributed by atoms with E-state index in [0.29, 0.717) is 17.8 Å². The lowest BCUT2D eigenvalue weighted by Crippen LogP contribution is -2.48. The summed E-state index contributed by atoms with van der Waals surface area (Å²) in [6, 6.07) is 0.587. The van der Waals surface area contributed by atoms with Crippen molar-refractivity contribution in [2.24, 2.45) is 0 Å². The Morgan fingerprint density at radius 3 is 2.67 bits per heavy atom. The molecule has 0 radical (unpaired) electrons. The first kappa shape index (κ1) is 13.0. The summed E-state index contributed by atoms with van der Waals surface area (Å²) in [5.74, 6) is 0.0732. The Bertz CT molecular complexity index is 408. The summed E-state index contributed by atoms with van der Waals surface area (Å²) < 4.78 is 1.49. The van der Waals surface area contributed by atoms with Crippen LogP contribution in [0.1, 0.15) is 38.8 Å². The molecule has 1 saturated heterocycles. The van der Waals surface area contributed by atoms with Crippen molar-refractivity contribution < 1.29 is 9.90 Å². The molecule has 0 saturated carbocycles. The third-order valence-electron chi connectivity index (χ3n) is 3.53. The van der Waals surface area contributed by atoms with Crippen LogP contribution >= 0.6 is 0 Å². The molecule has 1 amide bonds. The van der Waals surface area contributed by atoms with Gasteiger partial charge >= 0.3 is 0 Å². The predicted octanol–water partition coefficient (Wildman–Crippen LogP) is 0.560. The van der Waals surface area contributed by atoms with Gasteiger partial charge in [-0.3, -0.25) is 4.79 Å². The van der Waals surface area contributed by atoms with Crippen LogP contribution < -0.4 is 0 Å². The van der Waals surface area contributed by atoms with Gasteiger partial charge in [0.15, 0.2) is 0 Å². The van der Waals surface area contributed by atoms with Crippen LogP contribution in [0.2, 0.25) is 0 Å². The summed E-state index contributed by atoms with van der Waals surface area (Å²) in [5.41, 5.74) is 0.488. The van der Waals surface area contributed by atoms with Crippen LogP contribution in [0.5, 0.6) is 0 Å². The molecule has 2 atom stereocenters. The van der Waals surface area contributed by atoms with Crippen LogP contribution in [-0.2, 0) is 17.9 Å². The zero-order valence-electron chi connectivity index (χ0n) is 10.9. The van der Waals surface area contributed by atoms with Crippen molar-refractivity contribution in [3.63, 3.8) is 0 Å². The third-order valence-corrected chi connectivity index (χ3v) is 3.53. The van der Waals surface area contributed by atoms with Gasteiger partial charge in [0.2, 0.25) is 5.91 Å². The van der Waals surface area contributed by atoms with Gasteiger partial charge in [-0.05, 0) is 33.1 Å². The quantitative estimate of drug-likeness (QED) is 0.853. The van der Waals surface area contributed by atoms with E-state index < -0.39 is 0 Å². The number of piperidine rings is 1. The maximum atomic E-state index is 12.3. The van der Waals surface area contributed by atoms with Crippen molar-refractivity contribution in [3.05, 3.63) is 11.9 Å². The molecule has 1 aromatic rings. The fourth-order valence-electron chi connectivity index (χ4n) is 2.62. The Hall–Kier alpha value is -1.43. The molecule has 1 aliphatic heterocycles. The predicted molar refractivity (Wildman–Crippen MR) is 65.6 cm³/mol. The van der Waals surface area contributed by atoms with Crippen LogP contribution in [0, 0.1) is 0 Å². The molecule has 6 nitrogen and oxygen atoms in total. The molecule has 0 aliphatic carbocycles. The highest BCUT2D eigenvalue weighted by Crippen LogP contribution is 2.22. The van der Waals surface area contributed by atoms with E-state index in [1.807, 2.05) is 4.90 Å². The monoisotopic (exact) mass is 252 g/mol. The molecule has 1 aromatic heterocycles. The highest BCUT2D eigenvalue weighted by molar-refractivity contribution is 5.76. The van der Waals surface area contributed by atoms with Crippen molar-refractivity contribution in [1.29, 1.82) is 0 Å². The van der Waals surface area contributed by atoms with Gasteiger partial charge in [0, 0.05) is 12.1 Å². The molecule has 1 N–H and O–H groups in total. The van der Waals surface area contributed by atoms with Gasteiger partial charge in [-0.15, -0.1) is 5.10 Å². The minimum absolute atomic E-state index is 0.0732. The molecular weight excluding hydrogens is 232 g/mol. The zero-order valence-corrected chi connectivity index (χ0v) is 10.9. The summed E-state index contributed by atoms with van der Waals surface area (Å²) in [4.78, 5) is 14.2. The van der Waals surface area contributed by atoms with Gasteiger partial charge < -0.3 is 10.0 Å². The molecule has 18 heavy (non-hydrogen) atoms. The van der Waals surface area contributed by atoms with E-state index in [0.717, 1.165) is 12.8 Å². The normalized spacial score (nSPS) is 24.3. The third kappa shape index (κ3) is 2.69. The SMILES string of the molecule is CC1CCCC(C)N1C(=O)Cn1cc(CO)nn1. The highest BCUT2D eigenvalue weighted by atomic mass is 16.3. The van der Waals surface area contributed by atoms with Crippen LogP contribution in [0.3, 0.4) is 0 Å². The number of hydrogen-bond acceptors (Lipinski definition) is 4. The van der Waals surface area contributed by atoms with E-state index in [1.165, 1.54) is 11.1 Å². The first-order chi connectivity index (χ1) is 8.61. The van der Waals surface area contributed by atoms with Crippen molar-refractivity contribution in [2.75, 3.05) is 0 Å². The molecule has 0 aromatic carbocycles. The fraction of sp³-hybridized carbons (Fsp3) is 0.750. The van der Waals surface area contributed by atoms with Gasteiger partial charge in [0.1, 0.15) is 12.2 Å². The van der Waals surface area contributed by atoms with Gasteiger partial charge in [-0.2, -0.15) is 0 Å². The van der Waals surface area contributed by atoms with Gasteiger partial charge in [-0.25, -0.2) is 4.68 Å². The average Bonchev–Trinajstić information content (AvgIpc) is 2.76. The van der Waals surface area contributed by atoms with E-state index in [-0.39, 0.29) is 19.1 Å². The van der Waals surface area contributed by atoms with Crippen LogP contribution in [0.25, 0.3) is 0 Å². The lowest BCUT2D eigenvalue weighted by atomic mass is 9.97. The Morgan fingerprint density at radius 2 is 2.11 bits per heavy atom. The van der Waals surface area contributed by atoms with Crippen LogP contribution in [0.15, 0.2) is 6.20 Å². The summed E-state index contributed by atoms with van der Waals surface area (Å²) in [5, 5.41) is 16.5. The lowest BCUT2D eigenvalue weighted by Gasteiger charge is -2.39.